The molecule has 1 atom stereocenters. The van der Waals surface area contributed by atoms with Crippen LogP contribution in [-0.4, -0.2) is 84.3 Å². The van der Waals surface area contributed by atoms with Gasteiger partial charge in [0, 0.05) is 63.7 Å². The van der Waals surface area contributed by atoms with Gasteiger partial charge in [0.05, 0.1) is 12.7 Å². The van der Waals surface area contributed by atoms with Gasteiger partial charge in [-0.2, -0.15) is 0 Å². The van der Waals surface area contributed by atoms with Crippen LogP contribution in [0.15, 0.2) is 6.20 Å². The second-order valence-corrected chi connectivity index (χ2v) is 7.31. The molecule has 2 aliphatic rings. The number of hydrogen-bond acceptors (Lipinski definition) is 6. The lowest BCUT2D eigenvalue weighted by molar-refractivity contribution is -0.0525. The third-order valence-corrected chi connectivity index (χ3v) is 5.23. The lowest BCUT2D eigenvalue weighted by Gasteiger charge is -2.40. The van der Waals surface area contributed by atoms with E-state index in [9.17, 15) is 0 Å². The summed E-state index contributed by atoms with van der Waals surface area (Å²) in [6.07, 6.45) is 2.27. The van der Waals surface area contributed by atoms with Crippen LogP contribution >= 0.6 is 0 Å². The fraction of sp³-hybridized carbons (Fsp3) is 0.778. The third-order valence-electron chi connectivity index (χ3n) is 5.23. The van der Waals surface area contributed by atoms with Crippen LogP contribution in [0.4, 0.5) is 5.95 Å². The van der Waals surface area contributed by atoms with E-state index in [0.29, 0.717) is 12.1 Å². The van der Waals surface area contributed by atoms with E-state index in [1.165, 1.54) is 0 Å². The first kappa shape index (κ1) is 17.6. The smallest absolute Gasteiger partial charge is 0.225 e. The van der Waals surface area contributed by atoms with Crippen molar-refractivity contribution in [3.05, 3.63) is 17.5 Å². The molecule has 0 saturated carbocycles. The second-order valence-electron chi connectivity index (χ2n) is 7.31. The highest BCUT2D eigenvalue weighted by Gasteiger charge is 2.26. The van der Waals surface area contributed by atoms with Crippen molar-refractivity contribution in [2.24, 2.45) is 0 Å². The topological polar surface area (TPSA) is 44.7 Å². The molecule has 24 heavy (non-hydrogen) atoms. The second kappa shape index (κ2) is 7.76. The molecule has 2 saturated heterocycles. The molecular weight excluding hydrogens is 302 g/mol. The summed E-state index contributed by atoms with van der Waals surface area (Å²) in [6.45, 7) is 16.7. The van der Waals surface area contributed by atoms with Crippen molar-refractivity contribution < 1.29 is 4.74 Å². The SMILES string of the molecule is Cc1cnc(N2CCN(C[C@@H]3CN(C(C)C)CCO3)CC2)nc1C. The molecule has 2 fully saturated rings. The summed E-state index contributed by atoms with van der Waals surface area (Å²) >= 11 is 0. The highest BCUT2D eigenvalue weighted by atomic mass is 16.5. The summed E-state index contributed by atoms with van der Waals surface area (Å²) in [6, 6.07) is 0.607. The van der Waals surface area contributed by atoms with Gasteiger partial charge >= 0.3 is 0 Å². The fourth-order valence-electron chi connectivity index (χ4n) is 3.41. The molecule has 0 N–H and O–H groups in total. The van der Waals surface area contributed by atoms with E-state index in [4.69, 9.17) is 4.74 Å². The Balaban J connectivity index is 1.49. The van der Waals surface area contributed by atoms with E-state index in [1.54, 1.807) is 0 Å². The maximum Gasteiger partial charge on any atom is 0.225 e. The molecule has 134 valence electrons. The quantitative estimate of drug-likeness (QED) is 0.828. The Morgan fingerprint density at radius 1 is 1.17 bits per heavy atom. The molecule has 0 unspecified atom stereocenters. The number of piperazine rings is 1. The highest BCUT2D eigenvalue weighted by molar-refractivity contribution is 5.33. The minimum atomic E-state index is 0.338. The van der Waals surface area contributed by atoms with Crippen LogP contribution in [0.25, 0.3) is 0 Å². The number of aromatic nitrogens is 2. The zero-order valence-electron chi connectivity index (χ0n) is 15.5. The Kier molecular flexibility index (Phi) is 5.69. The lowest BCUT2D eigenvalue weighted by Crippen LogP contribution is -2.53. The van der Waals surface area contributed by atoms with Crippen molar-refractivity contribution >= 4 is 5.95 Å². The molecule has 0 amide bonds. The molecule has 0 bridgehead atoms. The van der Waals surface area contributed by atoms with E-state index < -0.39 is 0 Å². The van der Waals surface area contributed by atoms with Crippen molar-refractivity contribution in [3.63, 3.8) is 0 Å². The van der Waals surface area contributed by atoms with E-state index in [1.807, 2.05) is 6.20 Å². The van der Waals surface area contributed by atoms with Crippen LogP contribution in [0.1, 0.15) is 25.1 Å². The largest absolute Gasteiger partial charge is 0.374 e. The van der Waals surface area contributed by atoms with Crippen LogP contribution in [0.2, 0.25) is 0 Å². The molecule has 0 radical (unpaired) electrons. The average molecular weight is 333 g/mol. The number of hydrogen-bond donors (Lipinski definition) is 0. The van der Waals surface area contributed by atoms with Gasteiger partial charge < -0.3 is 9.64 Å². The van der Waals surface area contributed by atoms with Gasteiger partial charge in [0.1, 0.15) is 0 Å². The van der Waals surface area contributed by atoms with Crippen molar-refractivity contribution in [2.45, 2.75) is 39.8 Å². The standard InChI is InChI=1S/C18H31N5O/c1-14(2)23-9-10-24-17(13-23)12-21-5-7-22(8-6-21)18-19-11-15(3)16(4)20-18/h11,14,17H,5-10,12-13H2,1-4H3/t17-/m1/s1. The van der Waals surface area contributed by atoms with Crippen LogP contribution in [0.3, 0.4) is 0 Å². The predicted octanol–water partition coefficient (Wildman–Crippen LogP) is 1.32. The number of rotatable bonds is 4. The van der Waals surface area contributed by atoms with Gasteiger partial charge in [-0.05, 0) is 33.3 Å². The molecule has 0 aliphatic carbocycles. The normalized spacial score (nSPS) is 23.9. The Labute approximate surface area is 145 Å². The summed E-state index contributed by atoms with van der Waals surface area (Å²) in [5.41, 5.74) is 2.23. The molecule has 0 aromatic carbocycles. The Morgan fingerprint density at radius 3 is 2.58 bits per heavy atom. The number of anilines is 1. The first-order valence-electron chi connectivity index (χ1n) is 9.16. The number of nitrogens with zero attached hydrogens (tertiary/aromatic N) is 5. The molecular formula is C18H31N5O. The minimum absolute atomic E-state index is 0.338. The van der Waals surface area contributed by atoms with Gasteiger partial charge in [-0.3, -0.25) is 9.80 Å². The summed E-state index contributed by atoms with van der Waals surface area (Å²) in [7, 11) is 0. The van der Waals surface area contributed by atoms with Crippen molar-refractivity contribution in [1.29, 1.82) is 0 Å². The van der Waals surface area contributed by atoms with E-state index in [0.717, 1.165) is 69.6 Å². The summed E-state index contributed by atoms with van der Waals surface area (Å²) < 4.78 is 5.98. The summed E-state index contributed by atoms with van der Waals surface area (Å²) in [4.78, 5) is 16.5. The Morgan fingerprint density at radius 2 is 1.92 bits per heavy atom. The fourth-order valence-corrected chi connectivity index (χ4v) is 3.41. The number of aryl methyl sites for hydroxylation is 2. The van der Waals surface area contributed by atoms with Gasteiger partial charge in [0.25, 0.3) is 0 Å². The first-order valence-corrected chi connectivity index (χ1v) is 9.16. The Hall–Kier alpha value is -1.24. The Bertz CT molecular complexity index is 542. The van der Waals surface area contributed by atoms with Gasteiger partial charge in [-0.1, -0.05) is 0 Å². The average Bonchev–Trinajstić information content (AvgIpc) is 2.58. The summed E-state index contributed by atoms with van der Waals surface area (Å²) in [5, 5.41) is 0. The molecule has 3 heterocycles. The van der Waals surface area contributed by atoms with Crippen LogP contribution < -0.4 is 4.90 Å². The zero-order valence-corrected chi connectivity index (χ0v) is 15.5. The predicted molar refractivity (Wildman–Crippen MR) is 96.6 cm³/mol. The third kappa shape index (κ3) is 4.23. The molecule has 0 spiro atoms. The first-order chi connectivity index (χ1) is 11.5. The van der Waals surface area contributed by atoms with Gasteiger partial charge in [0.15, 0.2) is 0 Å². The molecule has 1 aromatic rings. The molecule has 2 aliphatic heterocycles. The van der Waals surface area contributed by atoms with Gasteiger partial charge in [-0.15, -0.1) is 0 Å². The van der Waals surface area contributed by atoms with Crippen LogP contribution in [0.5, 0.6) is 0 Å². The molecule has 6 nitrogen and oxygen atoms in total. The maximum absolute atomic E-state index is 5.98. The van der Waals surface area contributed by atoms with E-state index in [-0.39, 0.29) is 0 Å². The van der Waals surface area contributed by atoms with Crippen LogP contribution in [0, 0.1) is 13.8 Å². The summed E-state index contributed by atoms with van der Waals surface area (Å²) in [5.74, 6) is 0.873. The van der Waals surface area contributed by atoms with E-state index >= 15 is 0 Å². The molecule has 1 aromatic heterocycles. The number of ether oxygens (including phenoxy) is 1. The maximum atomic E-state index is 5.98. The lowest BCUT2D eigenvalue weighted by atomic mass is 10.2. The monoisotopic (exact) mass is 333 g/mol. The molecule has 3 rings (SSSR count). The van der Waals surface area contributed by atoms with Crippen molar-refractivity contribution in [1.82, 2.24) is 19.8 Å². The van der Waals surface area contributed by atoms with E-state index in [2.05, 4.69) is 52.4 Å². The van der Waals surface area contributed by atoms with Crippen molar-refractivity contribution in [3.8, 4) is 0 Å². The zero-order chi connectivity index (χ0) is 17.1. The van der Waals surface area contributed by atoms with Gasteiger partial charge in [0.2, 0.25) is 5.95 Å². The minimum Gasteiger partial charge on any atom is -0.374 e. The van der Waals surface area contributed by atoms with Crippen LogP contribution in [-0.2, 0) is 4.74 Å². The number of morpholine rings is 1. The van der Waals surface area contributed by atoms with Crippen molar-refractivity contribution in [2.75, 3.05) is 57.3 Å². The highest BCUT2D eigenvalue weighted by Crippen LogP contribution is 2.15. The van der Waals surface area contributed by atoms with Gasteiger partial charge in [-0.25, -0.2) is 9.97 Å². The molecule has 6 heteroatoms.